The molecule has 2 atom stereocenters. The first kappa shape index (κ1) is 23.9. The van der Waals surface area contributed by atoms with Gasteiger partial charge in [0.15, 0.2) is 10.8 Å². The zero-order valence-corrected chi connectivity index (χ0v) is 18.6. The minimum atomic E-state index is -1.33. The van der Waals surface area contributed by atoms with Crippen molar-refractivity contribution in [3.63, 3.8) is 0 Å². The molecule has 4 N–H and O–H groups in total. The lowest BCUT2D eigenvalue weighted by atomic mass is 10.0. The van der Waals surface area contributed by atoms with E-state index in [1.54, 1.807) is 0 Å². The molecule has 0 radical (unpaired) electrons. The van der Waals surface area contributed by atoms with Crippen molar-refractivity contribution < 1.29 is 39.0 Å². The van der Waals surface area contributed by atoms with Crippen molar-refractivity contribution in [1.29, 1.82) is 0 Å². The van der Waals surface area contributed by atoms with Crippen LogP contribution in [0.3, 0.4) is 0 Å². The number of nitrogens with one attached hydrogen (secondary N) is 2. The van der Waals surface area contributed by atoms with E-state index in [2.05, 4.69) is 32.2 Å². The summed E-state index contributed by atoms with van der Waals surface area (Å²) in [5.41, 5.74) is -0.245. The predicted molar refractivity (Wildman–Crippen MR) is 116 cm³/mol. The number of anilines is 1. The van der Waals surface area contributed by atoms with Gasteiger partial charge in [-0.2, -0.15) is 0 Å². The summed E-state index contributed by atoms with van der Waals surface area (Å²) in [5, 5.41) is 27.6. The number of rotatable bonds is 9. The second-order valence-corrected chi connectivity index (χ2v) is 8.53. The first-order valence-electron chi connectivity index (χ1n) is 9.13. The number of allylic oxidation sites excluding steroid dienone is 1. The minimum absolute atomic E-state index is 0.0216. The van der Waals surface area contributed by atoms with E-state index in [0.717, 1.165) is 16.2 Å². The van der Waals surface area contributed by atoms with Crippen molar-refractivity contribution in [3.05, 3.63) is 35.0 Å². The number of amides is 3. The molecular formula is C18H17N5O8S2. The smallest absolute Gasteiger partial charge is 0.352 e. The molecule has 1 aromatic rings. The first-order valence-corrected chi connectivity index (χ1v) is 11.1. The lowest BCUT2D eigenvalue weighted by Gasteiger charge is -2.49. The largest absolute Gasteiger partial charge is 0.479 e. The maximum absolute atomic E-state index is 12.9. The van der Waals surface area contributed by atoms with Crippen LogP contribution in [0, 0.1) is 0 Å². The maximum Gasteiger partial charge on any atom is 0.352 e. The Bertz CT molecular complexity index is 1110. The quantitative estimate of drug-likeness (QED) is 0.203. The SMILES string of the molecule is C=CC1=C(C(=O)O)N2C(=O)[C@@H](NC(=O)/C(=N\OCC(=O)O)c3csc(NC(C)=O)n3)C2SC1. The molecule has 3 rings (SSSR count). The van der Waals surface area contributed by atoms with E-state index in [1.807, 2.05) is 0 Å². The van der Waals surface area contributed by atoms with Crippen LogP contribution in [0.5, 0.6) is 0 Å². The molecule has 0 aromatic carbocycles. The summed E-state index contributed by atoms with van der Waals surface area (Å²) in [6.45, 7) is 4.01. The molecule has 174 valence electrons. The fraction of sp³-hybridized carbons (Fsp3) is 0.278. The van der Waals surface area contributed by atoms with Crippen molar-refractivity contribution in [2.75, 3.05) is 17.7 Å². The Balaban J connectivity index is 1.81. The Labute approximate surface area is 194 Å². The van der Waals surface area contributed by atoms with Crippen molar-refractivity contribution in [3.8, 4) is 0 Å². The molecule has 0 spiro atoms. The molecule has 15 heteroatoms. The number of nitrogens with zero attached hydrogens (tertiary/aromatic N) is 3. The lowest BCUT2D eigenvalue weighted by molar-refractivity contribution is -0.150. The van der Waals surface area contributed by atoms with Gasteiger partial charge in [0.2, 0.25) is 12.5 Å². The van der Waals surface area contributed by atoms with Gasteiger partial charge in [-0.25, -0.2) is 14.6 Å². The molecule has 3 amide bonds. The summed E-state index contributed by atoms with van der Waals surface area (Å²) < 4.78 is 0. The molecule has 0 saturated carbocycles. The zero-order chi connectivity index (χ0) is 24.3. The molecule has 13 nitrogen and oxygen atoms in total. The van der Waals surface area contributed by atoms with Gasteiger partial charge in [0.05, 0.1) is 0 Å². The van der Waals surface area contributed by atoms with Gasteiger partial charge in [-0.05, 0) is 5.57 Å². The summed E-state index contributed by atoms with van der Waals surface area (Å²) in [4.78, 5) is 68.9. The van der Waals surface area contributed by atoms with E-state index in [0.29, 0.717) is 5.57 Å². The number of β-lactam (4-membered cyclic amide) rings is 1. The molecule has 1 aromatic heterocycles. The molecule has 33 heavy (non-hydrogen) atoms. The van der Waals surface area contributed by atoms with Crippen LogP contribution in [-0.4, -0.2) is 79.2 Å². The third-order valence-corrected chi connectivity index (χ3v) is 6.38. The summed E-state index contributed by atoms with van der Waals surface area (Å²) in [6, 6.07) is -1.05. The zero-order valence-electron chi connectivity index (χ0n) is 16.9. The van der Waals surface area contributed by atoms with E-state index in [1.165, 1.54) is 30.1 Å². The summed E-state index contributed by atoms with van der Waals surface area (Å²) in [7, 11) is 0. The number of carboxylic acid groups (broad SMARTS) is 2. The number of thiazole rings is 1. The summed E-state index contributed by atoms with van der Waals surface area (Å²) in [5.74, 6) is -4.26. The Hall–Kier alpha value is -3.72. The average Bonchev–Trinajstić information content (AvgIpc) is 3.20. The monoisotopic (exact) mass is 495 g/mol. The number of carboxylic acids is 2. The molecule has 0 bridgehead atoms. The first-order chi connectivity index (χ1) is 15.6. The van der Waals surface area contributed by atoms with Gasteiger partial charge in [0.25, 0.3) is 11.8 Å². The highest BCUT2D eigenvalue weighted by Gasteiger charge is 2.54. The topological polar surface area (TPSA) is 188 Å². The number of oxime groups is 1. The highest BCUT2D eigenvalue weighted by Crippen LogP contribution is 2.40. The van der Waals surface area contributed by atoms with Gasteiger partial charge >= 0.3 is 11.9 Å². The molecule has 0 aliphatic carbocycles. The van der Waals surface area contributed by atoms with Gasteiger partial charge < -0.3 is 25.7 Å². The number of hydrogen-bond acceptors (Lipinski definition) is 10. The number of carbonyl (C=O) groups excluding carboxylic acids is 3. The Morgan fingerprint density at radius 1 is 1.39 bits per heavy atom. The second-order valence-electron chi connectivity index (χ2n) is 6.57. The number of fused-ring (bicyclic) bond motifs is 1. The van der Waals surface area contributed by atoms with Gasteiger partial charge in [-0.1, -0.05) is 17.8 Å². The van der Waals surface area contributed by atoms with Crippen LogP contribution in [0.25, 0.3) is 0 Å². The van der Waals surface area contributed by atoms with E-state index in [-0.39, 0.29) is 22.3 Å². The fourth-order valence-corrected chi connectivity index (χ4v) is 5.04. The summed E-state index contributed by atoms with van der Waals surface area (Å²) >= 11 is 2.24. The molecular weight excluding hydrogens is 478 g/mol. The standard InChI is InChI=1S/C18H17N5O8S2/c1-3-8-5-32-16-12(15(28)23(16)13(8)17(29)30)21-14(27)11(22-31-4-10(25)26)9-6-33-18(20-9)19-7(2)24/h3,6,12,16H,1,4-5H2,2H3,(H,21,27)(H,25,26)(H,29,30)(H,19,20,24)/b22-11-/t12-,16?/m1/s1. The predicted octanol–water partition coefficient (Wildman–Crippen LogP) is -0.169. The highest BCUT2D eigenvalue weighted by atomic mass is 32.2. The number of thioether (sulfide) groups is 1. The highest BCUT2D eigenvalue weighted by molar-refractivity contribution is 8.00. The van der Waals surface area contributed by atoms with Gasteiger partial charge in [0.1, 0.15) is 22.8 Å². The average molecular weight is 495 g/mol. The molecule has 3 heterocycles. The van der Waals surface area contributed by atoms with Crippen molar-refractivity contribution in [2.24, 2.45) is 5.16 Å². The number of carbonyl (C=O) groups is 5. The van der Waals surface area contributed by atoms with Crippen LogP contribution in [-0.2, 0) is 28.8 Å². The normalized spacial score (nSPS) is 19.8. The second kappa shape index (κ2) is 9.83. The molecule has 1 saturated heterocycles. The Kier molecular flexibility index (Phi) is 7.13. The van der Waals surface area contributed by atoms with Crippen LogP contribution in [0.1, 0.15) is 12.6 Å². The van der Waals surface area contributed by atoms with E-state index in [4.69, 9.17) is 5.11 Å². The van der Waals surface area contributed by atoms with Crippen LogP contribution >= 0.6 is 23.1 Å². The van der Waals surface area contributed by atoms with Crippen LogP contribution < -0.4 is 10.6 Å². The van der Waals surface area contributed by atoms with Crippen molar-refractivity contribution in [1.82, 2.24) is 15.2 Å². The molecule has 1 fully saturated rings. The van der Waals surface area contributed by atoms with Crippen molar-refractivity contribution >= 4 is 63.6 Å². The maximum atomic E-state index is 12.9. The summed E-state index contributed by atoms with van der Waals surface area (Å²) in [6.07, 6.45) is 1.37. The van der Waals surface area contributed by atoms with E-state index >= 15 is 0 Å². The molecule has 1 unspecified atom stereocenters. The number of aliphatic carboxylic acids is 2. The van der Waals surface area contributed by atoms with Crippen LogP contribution in [0.2, 0.25) is 0 Å². The number of hydrogen-bond donors (Lipinski definition) is 4. The fourth-order valence-electron chi connectivity index (χ4n) is 2.96. The molecule has 2 aliphatic heterocycles. The van der Waals surface area contributed by atoms with Gasteiger partial charge in [0, 0.05) is 18.1 Å². The van der Waals surface area contributed by atoms with Crippen LogP contribution in [0.4, 0.5) is 5.13 Å². The van der Waals surface area contributed by atoms with Crippen molar-refractivity contribution in [2.45, 2.75) is 18.3 Å². The van der Waals surface area contributed by atoms with E-state index in [9.17, 15) is 29.1 Å². The van der Waals surface area contributed by atoms with Gasteiger partial charge in [-0.15, -0.1) is 23.1 Å². The minimum Gasteiger partial charge on any atom is -0.479 e. The third kappa shape index (κ3) is 5.04. The third-order valence-electron chi connectivity index (χ3n) is 4.32. The Morgan fingerprint density at radius 3 is 2.73 bits per heavy atom. The Morgan fingerprint density at radius 2 is 2.12 bits per heavy atom. The van der Waals surface area contributed by atoms with Gasteiger partial charge in [-0.3, -0.25) is 19.3 Å². The molecule has 2 aliphatic rings. The van der Waals surface area contributed by atoms with Crippen LogP contribution in [0.15, 0.2) is 34.5 Å². The lowest BCUT2D eigenvalue weighted by Crippen LogP contribution is -2.71. The van der Waals surface area contributed by atoms with E-state index < -0.39 is 53.4 Å². The number of aromatic nitrogens is 1.